The summed E-state index contributed by atoms with van der Waals surface area (Å²) < 4.78 is 4.73. The van der Waals surface area contributed by atoms with Crippen LogP contribution in [0.3, 0.4) is 0 Å². The molecule has 26 heavy (non-hydrogen) atoms. The molecular formula is C20H17N3O3. The summed E-state index contributed by atoms with van der Waals surface area (Å²) in [6.45, 7) is 0.270. The first-order valence-corrected chi connectivity index (χ1v) is 8.00. The van der Waals surface area contributed by atoms with Crippen LogP contribution in [-0.2, 0) is 11.3 Å². The van der Waals surface area contributed by atoms with E-state index in [4.69, 9.17) is 4.74 Å². The molecule has 0 atom stereocenters. The lowest BCUT2D eigenvalue weighted by atomic mass is 10.1. The molecule has 2 aromatic heterocycles. The van der Waals surface area contributed by atoms with Crippen LogP contribution < -0.4 is 5.32 Å². The number of hydrogen-bond donors (Lipinski definition) is 1. The molecule has 1 aromatic carbocycles. The fraction of sp³-hybridized carbons (Fsp3) is 0.100. The Kier molecular flexibility index (Phi) is 5.34. The van der Waals surface area contributed by atoms with E-state index in [0.717, 1.165) is 16.8 Å². The van der Waals surface area contributed by atoms with Crippen LogP contribution in [0.1, 0.15) is 26.3 Å². The predicted octanol–water partition coefficient (Wildman–Crippen LogP) is 2.86. The summed E-state index contributed by atoms with van der Waals surface area (Å²) in [5.74, 6) is -0.903. The number of nitrogens with zero attached hydrogens (tertiary/aromatic N) is 2. The van der Waals surface area contributed by atoms with Crippen molar-refractivity contribution < 1.29 is 14.3 Å². The molecule has 130 valence electrons. The molecule has 2 heterocycles. The maximum absolute atomic E-state index is 12.6. The largest absolute Gasteiger partial charge is 0.465 e. The van der Waals surface area contributed by atoms with Gasteiger partial charge in [0, 0.05) is 30.7 Å². The Balaban J connectivity index is 1.81. The van der Waals surface area contributed by atoms with Gasteiger partial charge in [-0.1, -0.05) is 18.2 Å². The van der Waals surface area contributed by atoms with Crippen LogP contribution in [0.15, 0.2) is 67.1 Å². The van der Waals surface area contributed by atoms with Crippen LogP contribution in [-0.4, -0.2) is 29.0 Å². The summed E-state index contributed by atoms with van der Waals surface area (Å²) in [5.41, 5.74) is 2.97. The third-order valence-corrected chi connectivity index (χ3v) is 3.84. The Labute approximate surface area is 150 Å². The molecule has 1 amide bonds. The highest BCUT2D eigenvalue weighted by molar-refractivity contribution is 6.05. The Morgan fingerprint density at radius 2 is 1.77 bits per heavy atom. The van der Waals surface area contributed by atoms with E-state index in [-0.39, 0.29) is 23.6 Å². The van der Waals surface area contributed by atoms with Crippen molar-refractivity contribution in [1.82, 2.24) is 15.3 Å². The Bertz CT molecular complexity index is 926. The number of hydrogen-bond acceptors (Lipinski definition) is 5. The van der Waals surface area contributed by atoms with Gasteiger partial charge in [-0.2, -0.15) is 0 Å². The number of amides is 1. The number of ether oxygens (including phenoxy) is 1. The van der Waals surface area contributed by atoms with Crippen molar-refractivity contribution >= 4 is 11.9 Å². The predicted molar refractivity (Wildman–Crippen MR) is 96.4 cm³/mol. The van der Waals surface area contributed by atoms with Crippen LogP contribution in [0, 0.1) is 0 Å². The lowest BCUT2D eigenvalue weighted by Gasteiger charge is -2.11. The molecule has 0 aliphatic rings. The number of methoxy groups -OCH3 is 1. The third-order valence-electron chi connectivity index (χ3n) is 3.84. The lowest BCUT2D eigenvalue weighted by Crippen LogP contribution is -2.25. The molecule has 6 heteroatoms. The molecule has 0 aliphatic heterocycles. The summed E-state index contributed by atoms with van der Waals surface area (Å²) in [6.07, 6.45) is 5.11. The molecular weight excluding hydrogens is 330 g/mol. The minimum atomic E-state index is -0.548. The fourth-order valence-electron chi connectivity index (χ4n) is 2.58. The smallest absolute Gasteiger partial charge is 0.338 e. The summed E-state index contributed by atoms with van der Waals surface area (Å²) in [6, 6.07) is 14.0. The first-order valence-electron chi connectivity index (χ1n) is 8.00. The van der Waals surface area contributed by atoms with E-state index in [1.807, 2.05) is 24.3 Å². The van der Waals surface area contributed by atoms with Crippen LogP contribution in [0.25, 0.3) is 11.3 Å². The van der Waals surface area contributed by atoms with Crippen LogP contribution in [0.5, 0.6) is 0 Å². The van der Waals surface area contributed by atoms with Crippen molar-refractivity contribution in [2.24, 2.45) is 0 Å². The number of aromatic nitrogens is 2. The number of benzene rings is 1. The standard InChI is InChI=1S/C20H17N3O3/c1-26-20(25)17-9-3-2-8-16(17)19(24)23-13-15-7-5-11-22-18(15)14-6-4-10-21-12-14/h2-12H,13H2,1H3,(H,23,24). The fourth-order valence-corrected chi connectivity index (χ4v) is 2.58. The molecule has 6 nitrogen and oxygen atoms in total. The number of esters is 1. The van der Waals surface area contributed by atoms with Crippen molar-refractivity contribution in [3.63, 3.8) is 0 Å². The van der Waals surface area contributed by atoms with E-state index in [1.54, 1.807) is 42.9 Å². The summed E-state index contributed by atoms with van der Waals surface area (Å²) in [7, 11) is 1.28. The minimum Gasteiger partial charge on any atom is -0.465 e. The van der Waals surface area contributed by atoms with E-state index in [2.05, 4.69) is 15.3 Å². The van der Waals surface area contributed by atoms with Gasteiger partial charge in [-0.15, -0.1) is 0 Å². The average Bonchev–Trinajstić information content (AvgIpc) is 2.72. The molecule has 3 rings (SSSR count). The Morgan fingerprint density at radius 3 is 2.50 bits per heavy atom. The van der Waals surface area contributed by atoms with Crippen molar-refractivity contribution in [2.75, 3.05) is 7.11 Å². The van der Waals surface area contributed by atoms with Crippen molar-refractivity contribution in [3.8, 4) is 11.3 Å². The van der Waals surface area contributed by atoms with Gasteiger partial charge in [-0.05, 0) is 35.9 Å². The monoisotopic (exact) mass is 347 g/mol. The Hall–Kier alpha value is -3.54. The summed E-state index contributed by atoms with van der Waals surface area (Å²) in [4.78, 5) is 32.9. The molecule has 0 aliphatic carbocycles. The first-order chi connectivity index (χ1) is 12.7. The van der Waals surface area contributed by atoms with Gasteiger partial charge in [0.1, 0.15) is 0 Å². The molecule has 0 radical (unpaired) electrons. The van der Waals surface area contributed by atoms with Crippen LogP contribution in [0.4, 0.5) is 0 Å². The molecule has 3 aromatic rings. The van der Waals surface area contributed by atoms with Crippen LogP contribution >= 0.6 is 0 Å². The normalized spacial score (nSPS) is 10.2. The van der Waals surface area contributed by atoms with Crippen molar-refractivity contribution in [3.05, 3.63) is 83.8 Å². The Morgan fingerprint density at radius 1 is 1.00 bits per heavy atom. The second-order valence-corrected chi connectivity index (χ2v) is 5.47. The van der Waals surface area contributed by atoms with E-state index < -0.39 is 5.97 Å². The van der Waals surface area contributed by atoms with Crippen molar-refractivity contribution in [2.45, 2.75) is 6.54 Å². The SMILES string of the molecule is COC(=O)c1ccccc1C(=O)NCc1cccnc1-c1cccnc1. The molecule has 0 fully saturated rings. The third kappa shape index (κ3) is 3.75. The van der Waals surface area contributed by atoms with Gasteiger partial charge < -0.3 is 10.1 Å². The van der Waals surface area contributed by atoms with Crippen molar-refractivity contribution in [1.29, 1.82) is 0 Å². The molecule has 0 saturated carbocycles. The number of nitrogens with one attached hydrogen (secondary N) is 1. The highest BCUT2D eigenvalue weighted by Crippen LogP contribution is 2.20. The molecule has 0 unspecified atom stereocenters. The highest BCUT2D eigenvalue weighted by atomic mass is 16.5. The zero-order valence-electron chi connectivity index (χ0n) is 14.2. The minimum absolute atomic E-state index is 0.228. The first kappa shape index (κ1) is 17.3. The van der Waals surface area contributed by atoms with Crippen LogP contribution in [0.2, 0.25) is 0 Å². The van der Waals surface area contributed by atoms with Gasteiger partial charge in [0.15, 0.2) is 0 Å². The lowest BCUT2D eigenvalue weighted by molar-refractivity contribution is 0.0596. The molecule has 0 bridgehead atoms. The zero-order chi connectivity index (χ0) is 18.4. The van der Waals surface area contributed by atoms with E-state index in [0.29, 0.717) is 0 Å². The van der Waals surface area contributed by atoms with Gasteiger partial charge in [-0.3, -0.25) is 14.8 Å². The number of rotatable bonds is 5. The summed E-state index contributed by atoms with van der Waals surface area (Å²) >= 11 is 0. The molecule has 1 N–H and O–H groups in total. The zero-order valence-corrected chi connectivity index (χ0v) is 14.2. The van der Waals surface area contributed by atoms with E-state index in [1.165, 1.54) is 7.11 Å². The number of carbonyl (C=O) groups excluding carboxylic acids is 2. The summed E-state index contributed by atoms with van der Waals surface area (Å²) in [5, 5.41) is 2.84. The van der Waals surface area contributed by atoms with Gasteiger partial charge in [0.25, 0.3) is 5.91 Å². The van der Waals surface area contributed by atoms with Gasteiger partial charge in [0.2, 0.25) is 0 Å². The van der Waals surface area contributed by atoms with E-state index in [9.17, 15) is 9.59 Å². The van der Waals surface area contributed by atoms with E-state index >= 15 is 0 Å². The molecule has 0 spiro atoms. The van der Waals surface area contributed by atoms with Gasteiger partial charge in [-0.25, -0.2) is 4.79 Å². The number of carbonyl (C=O) groups is 2. The maximum Gasteiger partial charge on any atom is 0.338 e. The van der Waals surface area contributed by atoms with Gasteiger partial charge >= 0.3 is 5.97 Å². The average molecular weight is 347 g/mol. The topological polar surface area (TPSA) is 81.2 Å². The molecule has 0 saturated heterocycles. The quantitative estimate of drug-likeness (QED) is 0.718. The number of pyridine rings is 2. The van der Waals surface area contributed by atoms with Gasteiger partial charge in [0.05, 0.1) is 23.9 Å². The second kappa shape index (κ2) is 8.02. The maximum atomic E-state index is 12.6. The highest BCUT2D eigenvalue weighted by Gasteiger charge is 2.17. The second-order valence-electron chi connectivity index (χ2n) is 5.47.